The zero-order valence-electron chi connectivity index (χ0n) is 6.24. The Balaban J connectivity index is 2.55. The molecule has 1 aliphatic carbocycles. The van der Waals surface area contributed by atoms with Gasteiger partial charge in [-0.3, -0.25) is 0 Å². The minimum atomic E-state index is -1.02. The van der Waals surface area contributed by atoms with Crippen LogP contribution >= 0.6 is 0 Å². The van der Waals surface area contributed by atoms with E-state index in [2.05, 4.69) is 13.2 Å². The highest BCUT2D eigenvalue weighted by Crippen LogP contribution is 2.36. The van der Waals surface area contributed by atoms with E-state index in [0.29, 0.717) is 11.5 Å². The van der Waals surface area contributed by atoms with Gasteiger partial charge >= 0.3 is 0 Å². The van der Waals surface area contributed by atoms with E-state index >= 15 is 0 Å². The normalized spacial score (nSPS) is 18.2. The average molecular weight is 156 g/mol. The molecule has 0 N–H and O–H groups in total. The quantitative estimate of drug-likeness (QED) is 0.550. The summed E-state index contributed by atoms with van der Waals surface area (Å²) in [5, 5.41) is 0. The van der Waals surface area contributed by atoms with Crippen molar-refractivity contribution >= 4 is 0 Å². The van der Waals surface area contributed by atoms with Crippen molar-refractivity contribution in [3.63, 3.8) is 0 Å². The molecule has 1 aliphatic rings. The van der Waals surface area contributed by atoms with Gasteiger partial charge in [0.05, 0.1) is 0 Å². The highest BCUT2D eigenvalue weighted by atomic mass is 19.2. The topological polar surface area (TPSA) is 0 Å². The third-order valence-electron chi connectivity index (χ3n) is 1.67. The minimum Gasteiger partial charge on any atom is -0.204 e. The molecule has 0 nitrogen and oxygen atoms in total. The second-order valence-corrected chi connectivity index (χ2v) is 2.75. The zero-order valence-corrected chi connectivity index (χ0v) is 6.24. The molecule has 0 saturated heterocycles. The maximum Gasteiger partial charge on any atom is 0.158 e. The number of rotatable bonds is 3. The van der Waals surface area contributed by atoms with Gasteiger partial charge in [0.1, 0.15) is 0 Å². The van der Waals surface area contributed by atoms with Gasteiger partial charge in [0, 0.05) is 0 Å². The third-order valence-corrected chi connectivity index (χ3v) is 1.67. The first-order valence-corrected chi connectivity index (χ1v) is 3.52. The first kappa shape index (κ1) is 8.18. The van der Waals surface area contributed by atoms with E-state index in [4.69, 9.17) is 0 Å². The van der Waals surface area contributed by atoms with Crippen LogP contribution in [0.2, 0.25) is 0 Å². The average Bonchev–Trinajstić information content (AvgIpc) is 2.67. The molecular weight excluding hydrogens is 146 g/mol. The number of allylic oxidation sites excluding steroid dienone is 4. The predicted molar refractivity (Wildman–Crippen MR) is 41.3 cm³/mol. The highest BCUT2D eigenvalue weighted by Gasteiger charge is 2.23. The summed E-state index contributed by atoms with van der Waals surface area (Å²) >= 11 is 0. The van der Waals surface area contributed by atoms with Crippen LogP contribution in [-0.4, -0.2) is 0 Å². The Bertz CT molecular complexity index is 222. The van der Waals surface area contributed by atoms with Gasteiger partial charge in [-0.05, 0) is 30.4 Å². The monoisotopic (exact) mass is 156 g/mol. The molecule has 1 saturated carbocycles. The SMILES string of the molecule is C=C(F)/C(F)=C\C(=C)C1CC1. The second-order valence-electron chi connectivity index (χ2n) is 2.75. The van der Waals surface area contributed by atoms with E-state index < -0.39 is 11.7 Å². The van der Waals surface area contributed by atoms with Gasteiger partial charge in [-0.1, -0.05) is 13.2 Å². The number of hydrogen-bond donors (Lipinski definition) is 0. The summed E-state index contributed by atoms with van der Waals surface area (Å²) in [6.07, 6.45) is 3.21. The largest absolute Gasteiger partial charge is 0.204 e. The molecule has 0 amide bonds. The van der Waals surface area contributed by atoms with Crippen LogP contribution in [0.25, 0.3) is 0 Å². The Morgan fingerprint density at radius 3 is 2.18 bits per heavy atom. The Morgan fingerprint density at radius 2 is 1.82 bits per heavy atom. The van der Waals surface area contributed by atoms with Crippen LogP contribution in [-0.2, 0) is 0 Å². The first-order chi connectivity index (χ1) is 5.11. The molecule has 60 valence electrons. The summed E-state index contributed by atoms with van der Waals surface area (Å²) in [6, 6.07) is 0. The lowest BCUT2D eigenvalue weighted by molar-refractivity contribution is 0.547. The van der Waals surface area contributed by atoms with Crippen molar-refractivity contribution in [3.8, 4) is 0 Å². The summed E-state index contributed by atoms with van der Waals surface area (Å²) in [7, 11) is 0. The number of hydrogen-bond acceptors (Lipinski definition) is 0. The van der Waals surface area contributed by atoms with Crippen molar-refractivity contribution in [1.29, 1.82) is 0 Å². The van der Waals surface area contributed by atoms with Crippen LogP contribution in [0.5, 0.6) is 0 Å². The lowest BCUT2D eigenvalue weighted by Gasteiger charge is -1.94. The van der Waals surface area contributed by atoms with Gasteiger partial charge in [-0.15, -0.1) is 0 Å². The maximum absolute atomic E-state index is 12.5. The van der Waals surface area contributed by atoms with Crippen LogP contribution in [0, 0.1) is 5.92 Å². The molecule has 0 aliphatic heterocycles. The van der Waals surface area contributed by atoms with E-state index in [9.17, 15) is 8.78 Å². The Hall–Kier alpha value is -0.920. The highest BCUT2D eigenvalue weighted by molar-refractivity contribution is 5.29. The maximum atomic E-state index is 12.5. The van der Waals surface area contributed by atoms with Gasteiger partial charge < -0.3 is 0 Å². The summed E-state index contributed by atoms with van der Waals surface area (Å²) in [6.45, 7) is 6.45. The van der Waals surface area contributed by atoms with Crippen LogP contribution in [0.1, 0.15) is 12.8 Å². The molecular formula is C9H10F2. The van der Waals surface area contributed by atoms with Crippen LogP contribution in [0.15, 0.2) is 36.5 Å². The fourth-order valence-electron chi connectivity index (χ4n) is 0.813. The molecule has 0 heterocycles. The van der Waals surface area contributed by atoms with E-state index in [1.54, 1.807) is 0 Å². The van der Waals surface area contributed by atoms with Gasteiger partial charge in [-0.25, -0.2) is 8.78 Å². The standard InChI is InChI=1S/C9H10F2/c1-6(8-3-4-8)5-9(11)7(2)10/h5,8H,1-4H2/b9-5+. The summed E-state index contributed by atoms with van der Waals surface area (Å²) in [5.74, 6) is -1.55. The van der Waals surface area contributed by atoms with Crippen LogP contribution < -0.4 is 0 Å². The van der Waals surface area contributed by atoms with Crippen molar-refractivity contribution in [2.24, 2.45) is 5.92 Å². The van der Waals surface area contributed by atoms with Gasteiger partial charge in [0.25, 0.3) is 0 Å². The summed E-state index contributed by atoms with van der Waals surface area (Å²) < 4.78 is 24.6. The Kier molecular flexibility index (Phi) is 2.22. The molecule has 0 aromatic rings. The smallest absolute Gasteiger partial charge is 0.158 e. The molecule has 0 atom stereocenters. The fourth-order valence-corrected chi connectivity index (χ4v) is 0.813. The van der Waals surface area contributed by atoms with Crippen molar-refractivity contribution in [3.05, 3.63) is 36.5 Å². The Labute approximate surface area is 64.9 Å². The second kappa shape index (κ2) is 2.99. The molecule has 11 heavy (non-hydrogen) atoms. The first-order valence-electron chi connectivity index (χ1n) is 3.52. The van der Waals surface area contributed by atoms with E-state index in [0.717, 1.165) is 18.9 Å². The Morgan fingerprint density at radius 1 is 1.27 bits per heavy atom. The lowest BCUT2D eigenvalue weighted by Crippen LogP contribution is -1.80. The van der Waals surface area contributed by atoms with Crippen molar-refractivity contribution in [2.75, 3.05) is 0 Å². The molecule has 0 aromatic heterocycles. The predicted octanol–water partition coefficient (Wildman–Crippen LogP) is 3.29. The van der Waals surface area contributed by atoms with Crippen LogP contribution in [0.3, 0.4) is 0 Å². The molecule has 0 spiro atoms. The summed E-state index contributed by atoms with van der Waals surface area (Å²) in [4.78, 5) is 0. The van der Waals surface area contributed by atoms with E-state index in [1.165, 1.54) is 0 Å². The molecule has 1 rings (SSSR count). The molecule has 1 fully saturated rings. The molecule has 0 bridgehead atoms. The van der Waals surface area contributed by atoms with Crippen molar-refractivity contribution < 1.29 is 8.78 Å². The minimum absolute atomic E-state index is 0.375. The van der Waals surface area contributed by atoms with Crippen LogP contribution in [0.4, 0.5) is 8.78 Å². The summed E-state index contributed by atoms with van der Waals surface area (Å²) in [5.41, 5.74) is 0.668. The van der Waals surface area contributed by atoms with Gasteiger partial charge in [0.2, 0.25) is 0 Å². The van der Waals surface area contributed by atoms with E-state index in [-0.39, 0.29) is 0 Å². The molecule has 2 heteroatoms. The third kappa shape index (κ3) is 2.30. The van der Waals surface area contributed by atoms with Gasteiger partial charge in [-0.2, -0.15) is 0 Å². The number of halogens is 2. The van der Waals surface area contributed by atoms with Crippen molar-refractivity contribution in [2.45, 2.75) is 12.8 Å². The van der Waals surface area contributed by atoms with E-state index in [1.807, 2.05) is 0 Å². The lowest BCUT2D eigenvalue weighted by atomic mass is 10.2. The molecule has 0 radical (unpaired) electrons. The molecule has 0 aromatic carbocycles. The fraction of sp³-hybridized carbons (Fsp3) is 0.333. The molecule has 0 unspecified atom stereocenters. The zero-order chi connectivity index (χ0) is 8.43. The van der Waals surface area contributed by atoms with Crippen molar-refractivity contribution in [1.82, 2.24) is 0 Å². The van der Waals surface area contributed by atoms with Gasteiger partial charge in [0.15, 0.2) is 11.7 Å².